The maximum atomic E-state index is 11.9. The number of nitrogens with zero attached hydrogens (tertiary/aromatic N) is 1. The number of fused-ring (bicyclic) bond motifs is 1. The first kappa shape index (κ1) is 8.38. The third kappa shape index (κ3) is 1.09. The van der Waals surface area contributed by atoms with Crippen molar-refractivity contribution in [2.24, 2.45) is 11.3 Å². The van der Waals surface area contributed by atoms with Crippen LogP contribution in [0, 0.1) is 11.3 Å². The van der Waals surface area contributed by atoms with Crippen molar-refractivity contribution in [2.75, 3.05) is 18.4 Å². The van der Waals surface area contributed by atoms with E-state index in [2.05, 4.69) is 15.0 Å². The molecule has 1 saturated carbocycles. The molecule has 1 amide bonds. The number of amides is 1. The number of piperidine rings is 1. The first-order chi connectivity index (χ1) is 6.81. The number of anilines is 1. The van der Waals surface area contributed by atoms with Crippen molar-refractivity contribution in [3.8, 4) is 0 Å². The summed E-state index contributed by atoms with van der Waals surface area (Å²) in [7, 11) is 0. The molecule has 0 aromatic carbocycles. The van der Waals surface area contributed by atoms with E-state index in [1.165, 1.54) is 11.5 Å². The lowest BCUT2D eigenvalue weighted by molar-refractivity contribution is -0.120. The number of hydrogen-bond acceptors (Lipinski definition) is 4. The fourth-order valence-corrected chi connectivity index (χ4v) is 2.68. The predicted molar refractivity (Wildman–Crippen MR) is 54.2 cm³/mol. The number of rotatable bonds is 2. The van der Waals surface area contributed by atoms with E-state index in [1.807, 2.05) is 5.38 Å². The Balaban J connectivity index is 1.72. The molecule has 2 atom stereocenters. The van der Waals surface area contributed by atoms with Crippen LogP contribution in [0.25, 0.3) is 0 Å². The van der Waals surface area contributed by atoms with Gasteiger partial charge in [0, 0.05) is 11.9 Å². The molecule has 2 heterocycles. The van der Waals surface area contributed by atoms with E-state index in [9.17, 15) is 4.79 Å². The van der Waals surface area contributed by atoms with Gasteiger partial charge in [-0.05, 0) is 30.4 Å². The molecule has 1 aromatic heterocycles. The maximum Gasteiger partial charge on any atom is 0.232 e. The van der Waals surface area contributed by atoms with E-state index in [0.717, 1.165) is 25.2 Å². The fourth-order valence-electron chi connectivity index (χ4n) is 2.21. The molecule has 0 radical (unpaired) electrons. The standard InChI is InChI=1S/C9H11N3OS/c13-8(12-7-3-11-14-4-7)9-1-6(9)2-10-5-9/h3-4,6,10H,1-2,5H2,(H,12,13). The Morgan fingerprint density at radius 1 is 1.79 bits per heavy atom. The zero-order valence-electron chi connectivity index (χ0n) is 7.62. The van der Waals surface area contributed by atoms with Crippen molar-refractivity contribution in [3.63, 3.8) is 0 Å². The van der Waals surface area contributed by atoms with Crippen molar-refractivity contribution in [1.82, 2.24) is 9.69 Å². The first-order valence-corrected chi connectivity index (χ1v) is 5.56. The van der Waals surface area contributed by atoms with Crippen LogP contribution in [0.15, 0.2) is 11.6 Å². The Morgan fingerprint density at radius 3 is 3.29 bits per heavy atom. The zero-order valence-corrected chi connectivity index (χ0v) is 8.43. The van der Waals surface area contributed by atoms with E-state index in [4.69, 9.17) is 0 Å². The monoisotopic (exact) mass is 209 g/mol. The summed E-state index contributed by atoms with van der Waals surface area (Å²) in [5.41, 5.74) is 0.731. The molecular weight excluding hydrogens is 198 g/mol. The summed E-state index contributed by atoms with van der Waals surface area (Å²) in [6, 6.07) is 0. The molecule has 0 bridgehead atoms. The van der Waals surface area contributed by atoms with Crippen molar-refractivity contribution < 1.29 is 4.79 Å². The number of nitrogens with one attached hydrogen (secondary N) is 2. The maximum absolute atomic E-state index is 11.9. The van der Waals surface area contributed by atoms with Crippen molar-refractivity contribution in [3.05, 3.63) is 11.6 Å². The molecule has 1 aliphatic carbocycles. The third-order valence-corrected chi connectivity index (χ3v) is 3.79. The molecular formula is C9H11N3OS. The summed E-state index contributed by atoms with van der Waals surface area (Å²) >= 11 is 1.36. The highest BCUT2D eigenvalue weighted by atomic mass is 32.1. The van der Waals surface area contributed by atoms with E-state index in [1.54, 1.807) is 6.20 Å². The van der Waals surface area contributed by atoms with E-state index >= 15 is 0 Å². The lowest BCUT2D eigenvalue weighted by Crippen LogP contribution is -2.29. The van der Waals surface area contributed by atoms with Gasteiger partial charge in [0.25, 0.3) is 0 Å². The molecule has 3 rings (SSSR count). The number of carbonyl (C=O) groups excluding carboxylic acids is 1. The normalized spacial score (nSPS) is 33.9. The van der Waals surface area contributed by atoms with Gasteiger partial charge in [0.15, 0.2) is 0 Å². The van der Waals surface area contributed by atoms with Gasteiger partial charge in [-0.25, -0.2) is 0 Å². The average molecular weight is 209 g/mol. The topological polar surface area (TPSA) is 54.0 Å². The molecule has 1 aliphatic heterocycles. The molecule has 5 heteroatoms. The second kappa shape index (κ2) is 2.77. The minimum absolute atomic E-state index is 0.0953. The largest absolute Gasteiger partial charge is 0.323 e. The van der Waals surface area contributed by atoms with Crippen LogP contribution in [0.5, 0.6) is 0 Å². The van der Waals surface area contributed by atoms with Gasteiger partial charge >= 0.3 is 0 Å². The van der Waals surface area contributed by atoms with Crippen LogP contribution < -0.4 is 10.6 Å². The lowest BCUT2D eigenvalue weighted by Gasteiger charge is -2.10. The van der Waals surface area contributed by atoms with Gasteiger partial charge in [-0.15, -0.1) is 0 Å². The van der Waals surface area contributed by atoms with Crippen molar-refractivity contribution >= 4 is 23.1 Å². The first-order valence-electron chi connectivity index (χ1n) is 4.73. The molecule has 1 saturated heterocycles. The summed E-state index contributed by atoms with van der Waals surface area (Å²) in [4.78, 5) is 11.9. The van der Waals surface area contributed by atoms with Crippen LogP contribution in [0.2, 0.25) is 0 Å². The van der Waals surface area contributed by atoms with Crippen molar-refractivity contribution in [2.45, 2.75) is 6.42 Å². The fraction of sp³-hybridized carbons (Fsp3) is 0.556. The second-order valence-electron chi connectivity index (χ2n) is 4.06. The molecule has 2 fully saturated rings. The average Bonchev–Trinajstić information content (AvgIpc) is 2.62. The quantitative estimate of drug-likeness (QED) is 0.753. The molecule has 2 unspecified atom stereocenters. The van der Waals surface area contributed by atoms with E-state index < -0.39 is 0 Å². The Hall–Kier alpha value is -0.940. The minimum Gasteiger partial charge on any atom is -0.323 e. The number of aromatic nitrogens is 1. The molecule has 0 spiro atoms. The molecule has 2 N–H and O–H groups in total. The highest BCUT2D eigenvalue weighted by Gasteiger charge is 2.62. The van der Waals surface area contributed by atoms with Gasteiger partial charge < -0.3 is 10.6 Å². The Morgan fingerprint density at radius 2 is 2.71 bits per heavy atom. The Labute approximate surface area is 85.9 Å². The lowest BCUT2D eigenvalue weighted by atomic mass is 10.1. The van der Waals surface area contributed by atoms with E-state index in [-0.39, 0.29) is 11.3 Å². The van der Waals surface area contributed by atoms with E-state index in [0.29, 0.717) is 5.92 Å². The molecule has 74 valence electrons. The van der Waals surface area contributed by atoms with Gasteiger partial charge in [-0.1, -0.05) is 0 Å². The molecule has 14 heavy (non-hydrogen) atoms. The highest BCUT2D eigenvalue weighted by molar-refractivity contribution is 7.04. The second-order valence-corrected chi connectivity index (χ2v) is 4.71. The van der Waals surface area contributed by atoms with Crippen LogP contribution in [-0.2, 0) is 4.79 Å². The van der Waals surface area contributed by atoms with Crippen LogP contribution >= 0.6 is 11.5 Å². The Kier molecular flexibility index (Phi) is 1.66. The minimum atomic E-state index is -0.0953. The smallest absolute Gasteiger partial charge is 0.232 e. The van der Waals surface area contributed by atoms with Gasteiger partial charge in [0.05, 0.1) is 17.3 Å². The Bertz CT molecular complexity index is 364. The summed E-state index contributed by atoms with van der Waals surface area (Å²) < 4.78 is 3.95. The summed E-state index contributed by atoms with van der Waals surface area (Å²) in [5, 5.41) is 8.02. The number of hydrogen-bond donors (Lipinski definition) is 2. The van der Waals surface area contributed by atoms with Gasteiger partial charge in [0.1, 0.15) is 0 Å². The summed E-state index contributed by atoms with van der Waals surface area (Å²) in [6.45, 7) is 1.83. The molecule has 4 nitrogen and oxygen atoms in total. The van der Waals surface area contributed by atoms with Gasteiger partial charge in [0.2, 0.25) is 5.91 Å². The van der Waals surface area contributed by atoms with Gasteiger partial charge in [-0.3, -0.25) is 4.79 Å². The predicted octanol–water partition coefficient (Wildman–Crippen LogP) is 0.691. The molecule has 1 aromatic rings. The SMILES string of the molecule is O=C(Nc1cnsc1)C12CNCC1C2. The van der Waals surface area contributed by atoms with Crippen LogP contribution in [-0.4, -0.2) is 23.4 Å². The molecule has 2 aliphatic rings. The van der Waals surface area contributed by atoms with Crippen molar-refractivity contribution in [1.29, 1.82) is 0 Å². The van der Waals surface area contributed by atoms with Crippen LogP contribution in [0.4, 0.5) is 5.69 Å². The van der Waals surface area contributed by atoms with Crippen LogP contribution in [0.3, 0.4) is 0 Å². The number of carbonyl (C=O) groups is 1. The zero-order chi connectivity index (χ0) is 9.60. The summed E-state index contributed by atoms with van der Waals surface area (Å²) in [5.74, 6) is 0.724. The third-order valence-electron chi connectivity index (χ3n) is 3.21. The highest BCUT2D eigenvalue weighted by Crippen LogP contribution is 2.55. The summed E-state index contributed by atoms with van der Waals surface area (Å²) in [6.07, 6.45) is 2.74. The van der Waals surface area contributed by atoms with Crippen LogP contribution in [0.1, 0.15) is 6.42 Å². The van der Waals surface area contributed by atoms with Gasteiger partial charge in [-0.2, -0.15) is 4.37 Å².